The molecule has 12 nitrogen and oxygen atoms in total. The number of benzene rings is 2. The van der Waals surface area contributed by atoms with Crippen molar-refractivity contribution in [1.82, 2.24) is 29.6 Å². The van der Waals surface area contributed by atoms with E-state index in [1.165, 1.54) is 11.1 Å². The Labute approximate surface area is 250 Å². The topological polar surface area (TPSA) is 131 Å². The third kappa shape index (κ3) is 5.65. The first-order valence-electron chi connectivity index (χ1n) is 13.9. The van der Waals surface area contributed by atoms with Crippen molar-refractivity contribution in [2.45, 2.75) is 40.7 Å². The lowest BCUT2D eigenvalue weighted by Gasteiger charge is -2.22. The Hall–Kier alpha value is -4.84. The van der Waals surface area contributed by atoms with E-state index < -0.39 is 0 Å². The van der Waals surface area contributed by atoms with Crippen molar-refractivity contribution in [3.05, 3.63) is 69.9 Å². The summed E-state index contributed by atoms with van der Waals surface area (Å²) in [6.45, 7) is 6.00. The highest BCUT2D eigenvalue weighted by Crippen LogP contribution is 2.39. The molecule has 43 heavy (non-hydrogen) atoms. The van der Waals surface area contributed by atoms with Crippen LogP contribution in [0.25, 0.3) is 33.6 Å². The molecular weight excluding hydrogens is 546 g/mol. The second-order valence-corrected chi connectivity index (χ2v) is 11.0. The third-order valence-corrected chi connectivity index (χ3v) is 7.69. The van der Waals surface area contributed by atoms with Gasteiger partial charge in [-0.25, -0.2) is 9.97 Å². The first-order chi connectivity index (χ1) is 20.2. The lowest BCUT2D eigenvalue weighted by molar-refractivity contribution is -0.384. The van der Waals surface area contributed by atoms with Crippen molar-refractivity contribution in [2.24, 2.45) is 0 Å². The van der Waals surface area contributed by atoms with Gasteiger partial charge in [0, 0.05) is 63.0 Å². The van der Waals surface area contributed by atoms with Crippen molar-refractivity contribution in [3.8, 4) is 22.7 Å². The Morgan fingerprint density at radius 1 is 1.12 bits per heavy atom. The molecule has 1 N–H and O–H groups in total. The van der Waals surface area contributed by atoms with E-state index in [0.29, 0.717) is 46.9 Å². The average Bonchev–Trinajstić information content (AvgIpc) is 3.57. The molecule has 0 radical (unpaired) electrons. The molecule has 2 aromatic carbocycles. The maximum atomic E-state index is 12.1. The Balaban J connectivity index is 0.00000368. The van der Waals surface area contributed by atoms with Crippen molar-refractivity contribution in [1.29, 1.82) is 0 Å². The van der Waals surface area contributed by atoms with Gasteiger partial charge >= 0.3 is 0 Å². The van der Waals surface area contributed by atoms with E-state index in [0.717, 1.165) is 42.4 Å². The highest BCUT2D eigenvalue weighted by Gasteiger charge is 2.24. The Morgan fingerprint density at radius 3 is 2.65 bits per heavy atom. The number of likely N-dealkylation sites (N-methyl/N-ethyl adjacent to an activating group) is 2. The summed E-state index contributed by atoms with van der Waals surface area (Å²) in [7, 11) is 5.82. The van der Waals surface area contributed by atoms with Gasteiger partial charge < -0.3 is 24.1 Å². The summed E-state index contributed by atoms with van der Waals surface area (Å²) in [4.78, 5) is 25.2. The smallest absolute Gasteiger partial charge is 0.294 e. The summed E-state index contributed by atoms with van der Waals surface area (Å²) in [5.41, 5.74) is 6.68. The number of para-hydroxylation sites is 1. The molecule has 0 aliphatic carbocycles. The van der Waals surface area contributed by atoms with Crippen LogP contribution in [0.3, 0.4) is 0 Å². The van der Waals surface area contributed by atoms with Crippen LogP contribution in [0.15, 0.2) is 47.1 Å². The van der Waals surface area contributed by atoms with E-state index in [9.17, 15) is 10.1 Å². The summed E-state index contributed by atoms with van der Waals surface area (Å²) in [5, 5.41) is 24.7. The molecule has 3 aromatic heterocycles. The molecule has 0 saturated heterocycles. The number of nitrogens with zero attached hydrogens (tertiary/aromatic N) is 8. The van der Waals surface area contributed by atoms with Crippen molar-refractivity contribution in [2.75, 3.05) is 44.4 Å². The maximum Gasteiger partial charge on any atom is 0.294 e. The molecule has 6 rings (SSSR count). The number of anilines is 3. The molecule has 1 aliphatic rings. The second kappa shape index (κ2) is 11.8. The molecule has 4 heterocycles. The molecule has 0 atom stereocenters. The number of aromatic nitrogens is 5. The summed E-state index contributed by atoms with van der Waals surface area (Å²) in [6, 6.07) is 9.74. The van der Waals surface area contributed by atoms with Crippen LogP contribution in [0, 0.1) is 24.0 Å². The van der Waals surface area contributed by atoms with Gasteiger partial charge in [-0.15, -0.1) is 10.2 Å². The second-order valence-electron chi connectivity index (χ2n) is 11.0. The lowest BCUT2D eigenvalue weighted by Crippen LogP contribution is -2.29. The number of nitro groups is 1. The monoisotopic (exact) mass is 583 g/mol. The fraction of sp³-hybridized carbons (Fsp3) is 0.355. The zero-order valence-corrected chi connectivity index (χ0v) is 24.4. The standard InChI is InChI=1S/C30H33N9O3.CH4/c1-18-14-25(37(5)13-12-36(3)4)26(39(40)41)15-24(18)32-30-31-16-22(29-35-34-19(2)42-29)27(33-30)23-17-38-11-7-9-20-8-6-10-21(23)28(20)38;/h6,8,10,14-17H,7,9,11-13H2,1-5H3,(H,31,32,33);1H4. The van der Waals surface area contributed by atoms with Crippen LogP contribution in [-0.2, 0) is 13.0 Å². The maximum absolute atomic E-state index is 12.1. The number of rotatable bonds is 9. The van der Waals surface area contributed by atoms with Gasteiger partial charge in [-0.1, -0.05) is 25.6 Å². The summed E-state index contributed by atoms with van der Waals surface area (Å²) >= 11 is 0. The summed E-state index contributed by atoms with van der Waals surface area (Å²) in [6.07, 6.45) is 5.90. The summed E-state index contributed by atoms with van der Waals surface area (Å²) < 4.78 is 8.07. The average molecular weight is 584 g/mol. The molecule has 1 aliphatic heterocycles. The van der Waals surface area contributed by atoms with Gasteiger partial charge in [-0.2, -0.15) is 0 Å². The van der Waals surface area contributed by atoms with Crippen molar-refractivity contribution < 1.29 is 9.34 Å². The first kappa shape index (κ1) is 29.6. The van der Waals surface area contributed by atoms with Gasteiger partial charge in [0.05, 0.1) is 27.4 Å². The fourth-order valence-corrected chi connectivity index (χ4v) is 5.51. The van der Waals surface area contributed by atoms with E-state index in [-0.39, 0.29) is 18.0 Å². The van der Waals surface area contributed by atoms with E-state index in [1.807, 2.05) is 43.9 Å². The van der Waals surface area contributed by atoms with Gasteiger partial charge in [-0.05, 0) is 51.1 Å². The van der Waals surface area contributed by atoms with Crippen LogP contribution >= 0.6 is 0 Å². The lowest BCUT2D eigenvalue weighted by atomic mass is 10.0. The number of hydrogen-bond donors (Lipinski definition) is 1. The molecular formula is C31H37N9O3. The normalized spacial score (nSPS) is 12.4. The molecule has 0 saturated carbocycles. The zero-order valence-electron chi connectivity index (χ0n) is 24.4. The van der Waals surface area contributed by atoms with Crippen molar-refractivity contribution in [3.63, 3.8) is 0 Å². The van der Waals surface area contributed by atoms with Crippen molar-refractivity contribution >= 4 is 33.9 Å². The number of aryl methyl sites for hydroxylation is 4. The van der Waals surface area contributed by atoms with Crippen LogP contribution in [-0.4, -0.2) is 68.8 Å². The molecule has 0 amide bonds. The number of nitro benzene ring substituents is 1. The highest BCUT2D eigenvalue weighted by molar-refractivity contribution is 6.00. The van der Waals surface area contributed by atoms with E-state index in [1.54, 1.807) is 19.2 Å². The first-order valence-corrected chi connectivity index (χ1v) is 13.9. The molecule has 224 valence electrons. The van der Waals surface area contributed by atoms with Gasteiger partial charge in [0.1, 0.15) is 5.69 Å². The van der Waals surface area contributed by atoms with E-state index in [4.69, 9.17) is 9.40 Å². The largest absolute Gasteiger partial charge is 0.421 e. The fourth-order valence-electron chi connectivity index (χ4n) is 5.51. The van der Waals surface area contributed by atoms with Crippen LogP contribution in [0.4, 0.5) is 23.0 Å². The Morgan fingerprint density at radius 2 is 1.93 bits per heavy atom. The predicted octanol–water partition coefficient (Wildman–Crippen LogP) is 6.00. The molecule has 0 spiro atoms. The number of hydrogen-bond acceptors (Lipinski definition) is 10. The molecule has 0 unspecified atom stereocenters. The van der Waals surface area contributed by atoms with Gasteiger partial charge in [-0.3, -0.25) is 10.1 Å². The minimum absolute atomic E-state index is 0. The van der Waals surface area contributed by atoms with Crippen LogP contribution in [0.1, 0.15) is 30.9 Å². The number of nitrogens with one attached hydrogen (secondary N) is 1. The predicted molar refractivity (Wildman–Crippen MR) is 169 cm³/mol. The van der Waals surface area contributed by atoms with Crippen LogP contribution in [0.5, 0.6) is 0 Å². The van der Waals surface area contributed by atoms with Gasteiger partial charge in [0.15, 0.2) is 0 Å². The van der Waals surface area contributed by atoms with Crippen LogP contribution < -0.4 is 10.2 Å². The SMILES string of the molecule is C.Cc1nnc(-c2cnc(Nc3cc([N+](=O)[O-])c(N(C)CCN(C)C)cc3C)nc2-c2cn3c4c(cccc24)CCC3)o1. The molecule has 0 fully saturated rings. The Kier molecular flexibility index (Phi) is 8.14. The Bertz CT molecular complexity index is 1810. The quantitative estimate of drug-likeness (QED) is 0.163. The van der Waals surface area contributed by atoms with Gasteiger partial charge in [0.25, 0.3) is 11.6 Å². The minimum atomic E-state index is -0.354. The molecule has 12 heteroatoms. The van der Waals surface area contributed by atoms with E-state index >= 15 is 0 Å². The van der Waals surface area contributed by atoms with E-state index in [2.05, 4.69) is 49.5 Å². The minimum Gasteiger partial charge on any atom is -0.421 e. The highest BCUT2D eigenvalue weighted by atomic mass is 16.6. The zero-order chi connectivity index (χ0) is 29.5. The van der Waals surface area contributed by atoms with Gasteiger partial charge in [0.2, 0.25) is 11.8 Å². The third-order valence-electron chi connectivity index (χ3n) is 7.69. The molecule has 0 bridgehead atoms. The summed E-state index contributed by atoms with van der Waals surface area (Å²) in [5.74, 6) is 1.08. The molecule has 5 aromatic rings. The van der Waals surface area contributed by atoms with Crippen LogP contribution in [0.2, 0.25) is 0 Å².